The van der Waals surface area contributed by atoms with Crippen molar-refractivity contribution in [2.75, 3.05) is 0 Å². The standard InChI is InChI=1S/C45H38N5.Pt/c1-28-15-7-8-20-33(28)31-18-14-19-32(27-31)49-36-23-11-9-21-34(36)38-40(45(4,5)6)39-35-22-10-12-24-37(35)50(43(39)47-42(38)49)44-46-25-26-48(44)41-29(2)16-13-17-30(41)3;/h7-26H,1-6H3;/q-1;. The van der Waals surface area contributed by atoms with E-state index < -0.39 is 0 Å². The summed E-state index contributed by atoms with van der Waals surface area (Å²) < 4.78 is 6.79. The number of fused-ring (bicyclic) bond motifs is 6. The van der Waals surface area contributed by atoms with E-state index in [1.54, 1.807) is 0 Å². The van der Waals surface area contributed by atoms with Crippen LogP contribution in [-0.4, -0.2) is 23.7 Å². The molecule has 0 amide bonds. The quantitative estimate of drug-likeness (QED) is 0.166. The largest absolute Gasteiger partial charge is 0.312 e. The predicted octanol–water partition coefficient (Wildman–Crippen LogP) is 11.1. The molecule has 0 atom stereocenters. The second-order valence-electron chi connectivity index (χ2n) is 14.4. The minimum atomic E-state index is -0.210. The Labute approximate surface area is 312 Å². The van der Waals surface area contributed by atoms with Crippen molar-refractivity contribution in [3.05, 3.63) is 150 Å². The van der Waals surface area contributed by atoms with Gasteiger partial charge in [-0.05, 0) is 60.7 Å². The minimum Gasteiger partial charge on any atom is -0.312 e. The first kappa shape index (κ1) is 32.9. The molecule has 0 aliphatic rings. The van der Waals surface area contributed by atoms with Crippen LogP contribution in [0, 0.1) is 26.8 Å². The molecule has 51 heavy (non-hydrogen) atoms. The van der Waals surface area contributed by atoms with Crippen molar-refractivity contribution in [2.24, 2.45) is 0 Å². The number of hydrogen-bond acceptors (Lipinski definition) is 2. The third-order valence-electron chi connectivity index (χ3n) is 10.1. The van der Waals surface area contributed by atoms with Gasteiger partial charge in [0.2, 0.25) is 5.95 Å². The SMILES string of the molecule is Cc1ccccc1-c1[c-]c(-n2c3ccccc3c3c(C(C)(C)C)c4c5ccccc5n(-c5nccn5-c5c(C)cccc5C)c4nc32)ccc1.[Pt]. The van der Waals surface area contributed by atoms with Crippen LogP contribution in [0.15, 0.2) is 122 Å². The van der Waals surface area contributed by atoms with E-state index in [4.69, 9.17) is 9.97 Å². The molecule has 0 bridgehead atoms. The third-order valence-corrected chi connectivity index (χ3v) is 10.1. The van der Waals surface area contributed by atoms with Crippen LogP contribution in [0.5, 0.6) is 0 Å². The molecule has 0 radical (unpaired) electrons. The van der Waals surface area contributed by atoms with E-state index in [0.717, 1.165) is 50.6 Å². The Morgan fingerprint density at radius 1 is 0.608 bits per heavy atom. The van der Waals surface area contributed by atoms with Crippen LogP contribution in [0.1, 0.15) is 43.0 Å². The number of imidazole rings is 1. The third kappa shape index (κ3) is 5.01. The van der Waals surface area contributed by atoms with Gasteiger partial charge in [-0.25, -0.2) is 9.97 Å². The average molecular weight is 844 g/mol. The van der Waals surface area contributed by atoms with E-state index in [1.165, 1.54) is 44.0 Å². The van der Waals surface area contributed by atoms with Crippen LogP contribution in [0.2, 0.25) is 0 Å². The van der Waals surface area contributed by atoms with Crippen molar-refractivity contribution in [3.8, 4) is 28.5 Å². The van der Waals surface area contributed by atoms with Gasteiger partial charge in [0.05, 0.1) is 16.7 Å². The van der Waals surface area contributed by atoms with Crippen LogP contribution in [0.3, 0.4) is 0 Å². The molecule has 5 aromatic carbocycles. The first-order valence-corrected chi connectivity index (χ1v) is 17.3. The summed E-state index contributed by atoms with van der Waals surface area (Å²) >= 11 is 0. The molecule has 5 nitrogen and oxygen atoms in total. The minimum absolute atomic E-state index is 0. The van der Waals surface area contributed by atoms with Crippen LogP contribution in [0.25, 0.3) is 72.3 Å². The number of pyridine rings is 1. The molecular weight excluding hydrogens is 806 g/mol. The van der Waals surface area contributed by atoms with Crippen molar-refractivity contribution in [1.82, 2.24) is 23.7 Å². The summed E-state index contributed by atoms with van der Waals surface area (Å²) in [6, 6.07) is 42.6. The summed E-state index contributed by atoms with van der Waals surface area (Å²) in [7, 11) is 0. The number of benzene rings is 5. The van der Waals surface area contributed by atoms with E-state index in [-0.39, 0.29) is 26.5 Å². The first-order chi connectivity index (χ1) is 24.2. The van der Waals surface area contributed by atoms with Crippen LogP contribution in [-0.2, 0) is 26.5 Å². The van der Waals surface area contributed by atoms with Crippen molar-refractivity contribution in [1.29, 1.82) is 0 Å². The van der Waals surface area contributed by atoms with Gasteiger partial charge in [-0.2, -0.15) is 0 Å². The van der Waals surface area contributed by atoms with Crippen molar-refractivity contribution in [3.63, 3.8) is 0 Å². The van der Waals surface area contributed by atoms with E-state index in [0.29, 0.717) is 0 Å². The number of para-hydroxylation sites is 3. The number of aromatic nitrogens is 5. The van der Waals surface area contributed by atoms with Gasteiger partial charge < -0.3 is 4.57 Å². The van der Waals surface area contributed by atoms with E-state index in [2.05, 4.69) is 177 Å². The Morgan fingerprint density at radius 3 is 1.84 bits per heavy atom. The van der Waals surface area contributed by atoms with Gasteiger partial charge in [-0.1, -0.05) is 111 Å². The molecule has 9 aromatic rings. The summed E-state index contributed by atoms with van der Waals surface area (Å²) in [6.45, 7) is 13.5. The zero-order valence-electron chi connectivity index (χ0n) is 29.6. The molecule has 4 heterocycles. The number of hydrogen-bond donors (Lipinski definition) is 0. The van der Waals surface area contributed by atoms with E-state index >= 15 is 0 Å². The summed E-state index contributed by atoms with van der Waals surface area (Å²) in [4.78, 5) is 10.7. The molecule has 9 rings (SSSR count). The van der Waals surface area contributed by atoms with E-state index in [1.807, 2.05) is 6.20 Å². The molecule has 0 saturated heterocycles. The Balaban J connectivity index is 0.00000374. The normalized spacial score (nSPS) is 12.0. The van der Waals surface area contributed by atoms with E-state index in [9.17, 15) is 0 Å². The van der Waals surface area contributed by atoms with Gasteiger partial charge in [0, 0.05) is 55.0 Å². The Kier molecular flexibility index (Phi) is 7.88. The van der Waals surface area contributed by atoms with Crippen LogP contribution < -0.4 is 0 Å². The first-order valence-electron chi connectivity index (χ1n) is 17.3. The molecule has 0 aliphatic heterocycles. The van der Waals surface area contributed by atoms with Gasteiger partial charge in [0.25, 0.3) is 0 Å². The molecule has 254 valence electrons. The summed E-state index contributed by atoms with van der Waals surface area (Å²) in [6.07, 6.45) is 3.96. The van der Waals surface area contributed by atoms with Crippen molar-refractivity contribution < 1.29 is 21.1 Å². The van der Waals surface area contributed by atoms with Gasteiger partial charge in [0.1, 0.15) is 5.65 Å². The number of rotatable bonds is 4. The summed E-state index contributed by atoms with van der Waals surface area (Å²) in [5.41, 5.74) is 13.0. The number of nitrogens with zero attached hydrogens (tertiary/aromatic N) is 5. The Morgan fingerprint density at radius 2 is 1.18 bits per heavy atom. The zero-order valence-corrected chi connectivity index (χ0v) is 31.9. The Hall–Kier alpha value is -5.25. The number of aryl methyl sites for hydroxylation is 3. The molecule has 0 fully saturated rings. The molecule has 4 aromatic heterocycles. The average Bonchev–Trinajstić information content (AvgIpc) is 3.79. The van der Waals surface area contributed by atoms with Gasteiger partial charge >= 0.3 is 0 Å². The summed E-state index contributed by atoms with van der Waals surface area (Å²) in [5.74, 6) is 0.816. The second-order valence-corrected chi connectivity index (χ2v) is 14.4. The van der Waals surface area contributed by atoms with Gasteiger partial charge in [0.15, 0.2) is 5.65 Å². The molecule has 0 unspecified atom stereocenters. The maximum Gasteiger partial charge on any atom is 0.220 e. The predicted molar refractivity (Wildman–Crippen MR) is 207 cm³/mol. The smallest absolute Gasteiger partial charge is 0.220 e. The molecular formula is C45H38N5Pt-. The topological polar surface area (TPSA) is 40.6 Å². The molecule has 0 N–H and O–H groups in total. The molecule has 6 heteroatoms. The van der Waals surface area contributed by atoms with Gasteiger partial charge in [-0.15, -0.1) is 29.8 Å². The molecule has 0 aliphatic carbocycles. The van der Waals surface area contributed by atoms with Gasteiger partial charge in [-0.3, -0.25) is 9.13 Å². The molecule has 0 saturated carbocycles. The van der Waals surface area contributed by atoms with Crippen LogP contribution >= 0.6 is 0 Å². The Bertz CT molecular complexity index is 2770. The van der Waals surface area contributed by atoms with Crippen LogP contribution in [0.4, 0.5) is 0 Å². The fraction of sp³-hybridized carbons (Fsp3) is 0.156. The second kappa shape index (κ2) is 12.2. The monoisotopic (exact) mass is 843 g/mol. The maximum atomic E-state index is 5.71. The van der Waals surface area contributed by atoms with Crippen molar-refractivity contribution >= 4 is 43.9 Å². The van der Waals surface area contributed by atoms with Crippen molar-refractivity contribution in [2.45, 2.75) is 47.0 Å². The fourth-order valence-corrected chi connectivity index (χ4v) is 8.02. The maximum absolute atomic E-state index is 5.71. The molecule has 0 spiro atoms. The fourth-order valence-electron chi connectivity index (χ4n) is 8.02. The zero-order chi connectivity index (χ0) is 34.3. The summed E-state index contributed by atoms with van der Waals surface area (Å²) in [5, 5.41) is 4.70.